The van der Waals surface area contributed by atoms with Gasteiger partial charge in [0.25, 0.3) is 11.5 Å². The van der Waals surface area contributed by atoms with Gasteiger partial charge in [-0.15, -0.1) is 11.3 Å². The van der Waals surface area contributed by atoms with E-state index in [9.17, 15) is 14.0 Å². The molecule has 28 heavy (non-hydrogen) atoms. The molecular weight excluding hydrogens is 379 g/mol. The van der Waals surface area contributed by atoms with Gasteiger partial charge in [-0.1, -0.05) is 0 Å². The summed E-state index contributed by atoms with van der Waals surface area (Å²) in [6.45, 7) is 0.343. The third-order valence-electron chi connectivity index (χ3n) is 4.18. The molecule has 3 aromatic heterocycles. The van der Waals surface area contributed by atoms with Crippen LogP contribution < -0.4 is 10.9 Å². The maximum Gasteiger partial charge on any atom is 0.261 e. The van der Waals surface area contributed by atoms with E-state index in [1.807, 2.05) is 17.5 Å². The molecular formula is C20H15FN4O2S. The lowest BCUT2D eigenvalue weighted by atomic mass is 10.1. The molecule has 1 amide bonds. The number of halogens is 1. The molecule has 2 N–H and O–H groups in total. The Morgan fingerprint density at radius 1 is 1.25 bits per heavy atom. The van der Waals surface area contributed by atoms with Crippen LogP contribution in [0.5, 0.6) is 0 Å². The summed E-state index contributed by atoms with van der Waals surface area (Å²) < 4.78 is 13.3. The first-order valence-electron chi connectivity index (χ1n) is 8.56. The summed E-state index contributed by atoms with van der Waals surface area (Å²) in [5.41, 5.74) is 1.59. The Kier molecular flexibility index (Phi) is 4.94. The van der Waals surface area contributed by atoms with Crippen LogP contribution in [0.15, 0.2) is 59.0 Å². The standard InChI is InChI=1S/C20H15FN4O2S/c21-14-4-3-12-8-16(19(27)25-17(12)9-14)18(26)23-7-5-15-11-28-20(24-15)13-2-1-6-22-10-13/h1-4,6,8-11H,5,7H2,(H,23,26)(H,25,27). The number of nitrogens with zero attached hydrogens (tertiary/aromatic N) is 2. The molecule has 1 aromatic carbocycles. The van der Waals surface area contributed by atoms with Gasteiger partial charge in [0, 0.05) is 36.3 Å². The first-order chi connectivity index (χ1) is 13.6. The molecule has 0 aliphatic heterocycles. The first kappa shape index (κ1) is 18.0. The minimum Gasteiger partial charge on any atom is -0.351 e. The average Bonchev–Trinajstić information content (AvgIpc) is 3.17. The molecule has 4 rings (SSSR count). The van der Waals surface area contributed by atoms with Gasteiger partial charge in [0.1, 0.15) is 16.4 Å². The molecule has 0 saturated heterocycles. The largest absolute Gasteiger partial charge is 0.351 e. The lowest BCUT2D eigenvalue weighted by Crippen LogP contribution is -2.31. The van der Waals surface area contributed by atoms with Crippen LogP contribution in [0.4, 0.5) is 4.39 Å². The van der Waals surface area contributed by atoms with E-state index in [0.717, 1.165) is 16.3 Å². The van der Waals surface area contributed by atoms with Crippen molar-refractivity contribution in [1.82, 2.24) is 20.3 Å². The van der Waals surface area contributed by atoms with Crippen molar-refractivity contribution in [2.75, 3.05) is 6.54 Å². The number of rotatable bonds is 5. The highest BCUT2D eigenvalue weighted by Gasteiger charge is 2.12. The summed E-state index contributed by atoms with van der Waals surface area (Å²) in [5, 5.41) is 6.13. The van der Waals surface area contributed by atoms with Gasteiger partial charge >= 0.3 is 0 Å². The molecule has 0 unspecified atom stereocenters. The lowest BCUT2D eigenvalue weighted by molar-refractivity contribution is 0.0952. The zero-order chi connectivity index (χ0) is 19.5. The summed E-state index contributed by atoms with van der Waals surface area (Å²) in [6, 6.07) is 9.28. The Labute approximate surface area is 163 Å². The Balaban J connectivity index is 1.42. The molecule has 3 heterocycles. The molecule has 0 radical (unpaired) electrons. The number of aromatic nitrogens is 3. The zero-order valence-electron chi connectivity index (χ0n) is 14.6. The molecule has 4 aromatic rings. The van der Waals surface area contributed by atoms with Crippen molar-refractivity contribution in [3.05, 3.63) is 81.6 Å². The number of hydrogen-bond donors (Lipinski definition) is 2. The molecule has 0 spiro atoms. The molecule has 0 saturated carbocycles. The number of pyridine rings is 2. The normalized spacial score (nSPS) is 10.9. The van der Waals surface area contributed by atoms with Crippen LogP contribution in [-0.2, 0) is 6.42 Å². The van der Waals surface area contributed by atoms with Crippen molar-refractivity contribution >= 4 is 28.1 Å². The first-order valence-corrected chi connectivity index (χ1v) is 9.44. The Morgan fingerprint density at radius 2 is 2.14 bits per heavy atom. The van der Waals surface area contributed by atoms with Crippen molar-refractivity contribution in [2.24, 2.45) is 0 Å². The fraction of sp³-hybridized carbons (Fsp3) is 0.100. The molecule has 0 fully saturated rings. The molecule has 0 aliphatic rings. The van der Waals surface area contributed by atoms with E-state index in [2.05, 4.69) is 20.3 Å². The summed E-state index contributed by atoms with van der Waals surface area (Å²) in [7, 11) is 0. The smallest absolute Gasteiger partial charge is 0.261 e. The van der Waals surface area contributed by atoms with E-state index in [-0.39, 0.29) is 5.56 Å². The number of carbonyl (C=O) groups is 1. The molecule has 0 atom stereocenters. The summed E-state index contributed by atoms with van der Waals surface area (Å²) >= 11 is 1.51. The molecule has 140 valence electrons. The second-order valence-corrected chi connectivity index (χ2v) is 6.99. The van der Waals surface area contributed by atoms with Crippen molar-refractivity contribution in [2.45, 2.75) is 6.42 Å². The number of hydrogen-bond acceptors (Lipinski definition) is 5. The van der Waals surface area contributed by atoms with Crippen LogP contribution in [-0.4, -0.2) is 27.4 Å². The van der Waals surface area contributed by atoms with E-state index in [0.29, 0.717) is 23.9 Å². The molecule has 0 aliphatic carbocycles. The Morgan fingerprint density at radius 3 is 2.96 bits per heavy atom. The van der Waals surface area contributed by atoms with E-state index < -0.39 is 17.3 Å². The maximum absolute atomic E-state index is 13.3. The third-order valence-corrected chi connectivity index (χ3v) is 5.12. The molecule has 0 bridgehead atoms. The number of fused-ring (bicyclic) bond motifs is 1. The molecule has 6 nitrogen and oxygen atoms in total. The Hall–Kier alpha value is -3.39. The summed E-state index contributed by atoms with van der Waals surface area (Å²) in [6.07, 6.45) is 4.00. The number of H-pyrrole nitrogens is 1. The van der Waals surface area contributed by atoms with Gasteiger partial charge in [-0.3, -0.25) is 14.6 Å². The van der Waals surface area contributed by atoms with E-state index in [1.54, 1.807) is 12.4 Å². The second-order valence-electron chi connectivity index (χ2n) is 6.14. The highest BCUT2D eigenvalue weighted by atomic mass is 32.1. The van der Waals surface area contributed by atoms with E-state index >= 15 is 0 Å². The summed E-state index contributed by atoms with van der Waals surface area (Å²) in [5.74, 6) is -0.926. The van der Waals surface area contributed by atoms with Gasteiger partial charge in [0.15, 0.2) is 0 Å². The number of aromatic amines is 1. The molecule has 8 heteroatoms. The number of nitrogens with one attached hydrogen (secondary N) is 2. The number of carbonyl (C=O) groups excluding carboxylic acids is 1. The van der Waals surface area contributed by atoms with Crippen LogP contribution >= 0.6 is 11.3 Å². The SMILES string of the molecule is O=C(NCCc1csc(-c2cccnc2)n1)c1cc2ccc(F)cc2[nH]c1=O. The highest BCUT2D eigenvalue weighted by Crippen LogP contribution is 2.22. The van der Waals surface area contributed by atoms with Crippen molar-refractivity contribution in [3.8, 4) is 10.6 Å². The van der Waals surface area contributed by atoms with Gasteiger partial charge in [-0.25, -0.2) is 9.37 Å². The van der Waals surface area contributed by atoms with E-state index in [1.165, 1.54) is 35.6 Å². The topological polar surface area (TPSA) is 87.7 Å². The van der Waals surface area contributed by atoms with Gasteiger partial charge in [-0.2, -0.15) is 0 Å². The van der Waals surface area contributed by atoms with Gasteiger partial charge in [0.05, 0.1) is 11.2 Å². The number of benzene rings is 1. The predicted octanol–water partition coefficient (Wildman–Crippen LogP) is 3.16. The minimum atomic E-state index is -0.553. The van der Waals surface area contributed by atoms with Gasteiger partial charge < -0.3 is 10.3 Å². The zero-order valence-corrected chi connectivity index (χ0v) is 15.4. The minimum absolute atomic E-state index is 0.00608. The van der Waals surface area contributed by atoms with Gasteiger partial charge in [0.2, 0.25) is 0 Å². The lowest BCUT2D eigenvalue weighted by Gasteiger charge is -2.05. The number of amides is 1. The fourth-order valence-electron chi connectivity index (χ4n) is 2.78. The maximum atomic E-state index is 13.3. The van der Waals surface area contributed by atoms with Crippen LogP contribution in [0.1, 0.15) is 16.1 Å². The van der Waals surface area contributed by atoms with Crippen LogP contribution in [0.2, 0.25) is 0 Å². The van der Waals surface area contributed by atoms with Crippen LogP contribution in [0.3, 0.4) is 0 Å². The average molecular weight is 394 g/mol. The van der Waals surface area contributed by atoms with Gasteiger partial charge in [-0.05, 0) is 41.8 Å². The Bertz CT molecular complexity index is 1200. The fourth-order valence-corrected chi connectivity index (χ4v) is 3.63. The van der Waals surface area contributed by atoms with Crippen molar-refractivity contribution in [3.63, 3.8) is 0 Å². The van der Waals surface area contributed by atoms with Crippen molar-refractivity contribution in [1.29, 1.82) is 0 Å². The van der Waals surface area contributed by atoms with Crippen LogP contribution in [0.25, 0.3) is 21.5 Å². The monoisotopic (exact) mass is 394 g/mol. The summed E-state index contributed by atoms with van der Waals surface area (Å²) in [4.78, 5) is 35.6. The van der Waals surface area contributed by atoms with Crippen molar-refractivity contribution < 1.29 is 9.18 Å². The second kappa shape index (κ2) is 7.69. The number of thiazole rings is 1. The highest BCUT2D eigenvalue weighted by molar-refractivity contribution is 7.13. The van der Waals surface area contributed by atoms with E-state index in [4.69, 9.17) is 0 Å². The quantitative estimate of drug-likeness (QED) is 0.544. The predicted molar refractivity (Wildman–Crippen MR) is 106 cm³/mol. The van der Waals surface area contributed by atoms with Crippen LogP contribution in [0, 0.1) is 5.82 Å². The third kappa shape index (κ3) is 3.81.